The van der Waals surface area contributed by atoms with Gasteiger partial charge in [0.15, 0.2) is 17.7 Å². The first kappa shape index (κ1) is 17.6. The molecule has 0 aromatic rings. The number of aliphatic hydroxyl groups excluding tert-OH is 2. The van der Waals surface area contributed by atoms with Gasteiger partial charge in [0.2, 0.25) is 0 Å². The van der Waals surface area contributed by atoms with Gasteiger partial charge in [0, 0.05) is 0 Å². The third kappa shape index (κ3) is 3.42. The van der Waals surface area contributed by atoms with Crippen molar-refractivity contribution in [3.8, 4) is 0 Å². The van der Waals surface area contributed by atoms with Crippen LogP contribution in [0, 0.1) is 0 Å². The third-order valence-electron chi connectivity index (χ3n) is 3.62. The number of hydrogen-bond acceptors (Lipinski definition) is 8. The normalized spacial score (nSPS) is 38.0. The van der Waals surface area contributed by atoms with Gasteiger partial charge in [-0.1, -0.05) is 0 Å². The average molecular weight is 320 g/mol. The molecule has 0 bridgehead atoms. The smallest absolute Gasteiger partial charge is 0.337 e. The van der Waals surface area contributed by atoms with Gasteiger partial charge in [0.25, 0.3) is 0 Å². The van der Waals surface area contributed by atoms with Crippen LogP contribution >= 0.6 is 0 Å². The highest BCUT2D eigenvalue weighted by Crippen LogP contribution is 2.39. The summed E-state index contributed by atoms with van der Waals surface area (Å²) in [5.41, 5.74) is 0. The van der Waals surface area contributed by atoms with E-state index in [0.717, 1.165) is 0 Å². The van der Waals surface area contributed by atoms with Crippen molar-refractivity contribution in [1.82, 2.24) is 0 Å². The molecule has 0 amide bonds. The Bertz CT molecular complexity index is 421. The zero-order valence-corrected chi connectivity index (χ0v) is 13.4. The number of aliphatic hydroxyl groups is 2. The number of hydrogen-bond donors (Lipinski definition) is 2. The SMILES string of the molecule is COC(=O)[C@@H]1OC(C)(C)O[C@@H]1[C@H]1OC(C)(C)O[C@@H]1[C@H](O)CO. The molecule has 22 heavy (non-hydrogen) atoms. The molecular weight excluding hydrogens is 296 g/mol. The Balaban J connectivity index is 2.27. The van der Waals surface area contributed by atoms with Gasteiger partial charge < -0.3 is 33.9 Å². The minimum Gasteiger partial charge on any atom is -0.467 e. The first-order valence-corrected chi connectivity index (χ1v) is 7.18. The van der Waals surface area contributed by atoms with E-state index in [1.165, 1.54) is 7.11 Å². The van der Waals surface area contributed by atoms with Crippen LogP contribution in [0.3, 0.4) is 0 Å². The van der Waals surface area contributed by atoms with Crippen LogP contribution in [0.2, 0.25) is 0 Å². The van der Waals surface area contributed by atoms with Crippen molar-refractivity contribution >= 4 is 5.97 Å². The molecule has 2 heterocycles. The third-order valence-corrected chi connectivity index (χ3v) is 3.62. The maximum atomic E-state index is 11.9. The maximum absolute atomic E-state index is 11.9. The number of carbonyl (C=O) groups excluding carboxylic acids is 1. The van der Waals surface area contributed by atoms with Gasteiger partial charge in [0.05, 0.1) is 13.7 Å². The Morgan fingerprint density at radius 2 is 1.64 bits per heavy atom. The quantitative estimate of drug-likeness (QED) is 0.672. The van der Waals surface area contributed by atoms with Crippen LogP contribution < -0.4 is 0 Å². The predicted octanol–water partition coefficient (Wildman–Crippen LogP) is -0.447. The lowest BCUT2D eigenvalue weighted by Crippen LogP contribution is -2.49. The largest absolute Gasteiger partial charge is 0.467 e. The monoisotopic (exact) mass is 320 g/mol. The van der Waals surface area contributed by atoms with Crippen LogP contribution in [0.5, 0.6) is 0 Å². The fraction of sp³-hybridized carbons (Fsp3) is 0.929. The molecule has 2 N–H and O–H groups in total. The van der Waals surface area contributed by atoms with E-state index in [9.17, 15) is 15.0 Å². The Morgan fingerprint density at radius 3 is 2.18 bits per heavy atom. The molecule has 0 radical (unpaired) electrons. The topological polar surface area (TPSA) is 104 Å². The zero-order chi connectivity index (χ0) is 16.7. The second kappa shape index (κ2) is 6.03. The summed E-state index contributed by atoms with van der Waals surface area (Å²) in [6.07, 6.45) is -4.64. The average Bonchev–Trinajstić information content (AvgIpc) is 2.93. The van der Waals surface area contributed by atoms with E-state index in [1.807, 2.05) is 0 Å². The molecule has 8 heteroatoms. The summed E-state index contributed by atoms with van der Waals surface area (Å²) in [5.74, 6) is -2.59. The molecule has 2 aliphatic rings. The van der Waals surface area contributed by atoms with E-state index in [0.29, 0.717) is 0 Å². The summed E-state index contributed by atoms with van der Waals surface area (Å²) >= 11 is 0. The van der Waals surface area contributed by atoms with Gasteiger partial charge in [-0.25, -0.2) is 4.79 Å². The van der Waals surface area contributed by atoms with Crippen molar-refractivity contribution in [3.63, 3.8) is 0 Å². The molecule has 2 fully saturated rings. The fourth-order valence-electron chi connectivity index (χ4n) is 2.80. The highest BCUT2D eigenvalue weighted by Gasteiger charge is 2.57. The van der Waals surface area contributed by atoms with E-state index < -0.39 is 54.7 Å². The van der Waals surface area contributed by atoms with Gasteiger partial charge >= 0.3 is 5.97 Å². The summed E-state index contributed by atoms with van der Waals surface area (Å²) < 4.78 is 27.5. The van der Waals surface area contributed by atoms with Gasteiger partial charge in [-0.3, -0.25) is 0 Å². The van der Waals surface area contributed by atoms with E-state index in [2.05, 4.69) is 0 Å². The highest BCUT2D eigenvalue weighted by molar-refractivity contribution is 5.75. The zero-order valence-electron chi connectivity index (χ0n) is 13.4. The van der Waals surface area contributed by atoms with Gasteiger partial charge in [-0.05, 0) is 27.7 Å². The molecule has 128 valence electrons. The molecule has 0 aliphatic carbocycles. The Kier molecular flexibility index (Phi) is 4.82. The molecule has 0 saturated carbocycles. The molecule has 5 atom stereocenters. The number of esters is 1. The number of ether oxygens (including phenoxy) is 5. The van der Waals surface area contributed by atoms with Gasteiger partial charge in [-0.2, -0.15) is 0 Å². The summed E-state index contributed by atoms with van der Waals surface area (Å²) in [5, 5.41) is 19.2. The molecule has 2 rings (SSSR count). The molecular formula is C14H24O8. The second-order valence-corrected chi connectivity index (χ2v) is 6.36. The lowest BCUT2D eigenvalue weighted by molar-refractivity contribution is -0.176. The minimum atomic E-state index is -1.17. The van der Waals surface area contributed by atoms with Crippen molar-refractivity contribution in [2.75, 3.05) is 13.7 Å². The second-order valence-electron chi connectivity index (χ2n) is 6.36. The Morgan fingerprint density at radius 1 is 1.09 bits per heavy atom. The summed E-state index contributed by atoms with van der Waals surface area (Å²) in [4.78, 5) is 11.9. The Hall–Kier alpha value is -0.770. The maximum Gasteiger partial charge on any atom is 0.337 e. The molecule has 0 aromatic carbocycles. The molecule has 0 unspecified atom stereocenters. The molecule has 0 spiro atoms. The van der Waals surface area contributed by atoms with E-state index in [-0.39, 0.29) is 0 Å². The van der Waals surface area contributed by atoms with Crippen LogP contribution in [0.4, 0.5) is 0 Å². The lowest BCUT2D eigenvalue weighted by atomic mass is 9.99. The minimum absolute atomic E-state index is 0.500. The summed E-state index contributed by atoms with van der Waals surface area (Å²) in [6, 6.07) is 0. The number of methoxy groups -OCH3 is 1. The van der Waals surface area contributed by atoms with Crippen molar-refractivity contribution in [2.24, 2.45) is 0 Å². The first-order valence-electron chi connectivity index (χ1n) is 7.18. The summed E-state index contributed by atoms with van der Waals surface area (Å²) in [6.45, 7) is 6.19. The van der Waals surface area contributed by atoms with Gasteiger partial charge in [-0.15, -0.1) is 0 Å². The molecule has 0 aromatic heterocycles. The molecule has 2 aliphatic heterocycles. The van der Waals surface area contributed by atoms with Crippen molar-refractivity contribution in [2.45, 2.75) is 69.8 Å². The molecule has 2 saturated heterocycles. The van der Waals surface area contributed by atoms with Crippen LogP contribution in [0.15, 0.2) is 0 Å². The highest BCUT2D eigenvalue weighted by atomic mass is 16.8. The standard InChI is InChI=1S/C14H24O8/c1-13(2)19-8(7(16)6-15)9(20-13)10-11(12(17)18-5)22-14(3,4)21-10/h7-11,15-16H,6H2,1-5H3/t7-,8-,9+,10-,11-/m1/s1. The van der Waals surface area contributed by atoms with E-state index in [4.69, 9.17) is 23.7 Å². The predicted molar refractivity (Wildman–Crippen MR) is 72.8 cm³/mol. The van der Waals surface area contributed by atoms with Crippen molar-refractivity contribution in [3.05, 3.63) is 0 Å². The van der Waals surface area contributed by atoms with Crippen LogP contribution in [0.1, 0.15) is 27.7 Å². The van der Waals surface area contributed by atoms with Crippen molar-refractivity contribution in [1.29, 1.82) is 0 Å². The number of rotatable bonds is 4. The van der Waals surface area contributed by atoms with Crippen molar-refractivity contribution < 1.29 is 38.7 Å². The van der Waals surface area contributed by atoms with Crippen LogP contribution in [-0.2, 0) is 28.5 Å². The van der Waals surface area contributed by atoms with E-state index in [1.54, 1.807) is 27.7 Å². The summed E-state index contributed by atoms with van der Waals surface area (Å²) in [7, 11) is 1.25. The van der Waals surface area contributed by atoms with Crippen LogP contribution in [-0.4, -0.2) is 72.0 Å². The van der Waals surface area contributed by atoms with Gasteiger partial charge in [0.1, 0.15) is 24.4 Å². The fourth-order valence-corrected chi connectivity index (χ4v) is 2.80. The number of carbonyl (C=O) groups is 1. The first-order chi connectivity index (χ1) is 10.1. The molecule has 8 nitrogen and oxygen atoms in total. The van der Waals surface area contributed by atoms with E-state index >= 15 is 0 Å². The Labute approximate surface area is 129 Å². The lowest BCUT2D eigenvalue weighted by Gasteiger charge is -2.27. The van der Waals surface area contributed by atoms with Crippen LogP contribution in [0.25, 0.3) is 0 Å².